The summed E-state index contributed by atoms with van der Waals surface area (Å²) < 4.78 is 1.75. The first-order valence-electron chi connectivity index (χ1n) is 5.86. The third-order valence-electron chi connectivity index (χ3n) is 2.87. The van der Waals surface area contributed by atoms with Crippen LogP contribution in [0.1, 0.15) is 34.0 Å². The van der Waals surface area contributed by atoms with E-state index in [9.17, 15) is 5.11 Å². The molecular formula is C13H18N2OS. The maximum absolute atomic E-state index is 10.2. The van der Waals surface area contributed by atoms with E-state index in [0.717, 1.165) is 17.7 Å². The van der Waals surface area contributed by atoms with Crippen LogP contribution < -0.4 is 0 Å². The molecule has 0 spiro atoms. The lowest BCUT2D eigenvalue weighted by Crippen LogP contribution is -2.00. The largest absolute Gasteiger partial charge is 0.388 e. The third-order valence-corrected chi connectivity index (χ3v) is 4.12. The molecule has 0 aliphatic heterocycles. The maximum atomic E-state index is 10.2. The highest BCUT2D eigenvalue weighted by atomic mass is 32.1. The third kappa shape index (κ3) is 2.76. The van der Waals surface area contributed by atoms with Gasteiger partial charge in [0.2, 0.25) is 0 Å². The highest BCUT2D eigenvalue weighted by Crippen LogP contribution is 2.25. The fourth-order valence-electron chi connectivity index (χ4n) is 1.97. The first-order chi connectivity index (χ1) is 8.10. The Bertz CT molecular complexity index is 501. The minimum atomic E-state index is -0.452. The Labute approximate surface area is 106 Å². The summed E-state index contributed by atoms with van der Waals surface area (Å²) in [6.07, 6.45) is 3.19. The van der Waals surface area contributed by atoms with E-state index in [-0.39, 0.29) is 0 Å². The van der Waals surface area contributed by atoms with Crippen LogP contribution in [0.3, 0.4) is 0 Å². The topological polar surface area (TPSA) is 38.0 Å². The molecule has 1 atom stereocenters. The average Bonchev–Trinajstić information content (AvgIpc) is 2.85. The number of aryl methyl sites for hydroxylation is 3. The second-order valence-corrected chi connectivity index (χ2v) is 5.54. The lowest BCUT2D eigenvalue weighted by Gasteiger charge is -2.07. The van der Waals surface area contributed by atoms with Crippen LogP contribution in [-0.2, 0) is 19.9 Å². The molecule has 1 N–H and O–H groups in total. The monoisotopic (exact) mass is 250 g/mol. The molecule has 4 heteroatoms. The quantitative estimate of drug-likeness (QED) is 0.906. The first kappa shape index (κ1) is 12.3. The van der Waals surface area contributed by atoms with Crippen LogP contribution in [0.4, 0.5) is 0 Å². The van der Waals surface area contributed by atoms with Crippen LogP contribution in [0, 0.1) is 6.92 Å². The summed E-state index contributed by atoms with van der Waals surface area (Å²) >= 11 is 1.78. The van der Waals surface area contributed by atoms with Gasteiger partial charge >= 0.3 is 0 Å². The van der Waals surface area contributed by atoms with Crippen molar-refractivity contribution in [2.75, 3.05) is 0 Å². The number of aliphatic hydroxyl groups is 1. The summed E-state index contributed by atoms with van der Waals surface area (Å²) in [5.41, 5.74) is 1.84. The minimum Gasteiger partial charge on any atom is -0.388 e. The van der Waals surface area contributed by atoms with Gasteiger partial charge in [0.05, 0.1) is 11.8 Å². The number of rotatable bonds is 4. The van der Waals surface area contributed by atoms with Crippen molar-refractivity contribution in [2.24, 2.45) is 7.05 Å². The van der Waals surface area contributed by atoms with Crippen LogP contribution in [0.5, 0.6) is 0 Å². The minimum absolute atomic E-state index is 0.452. The van der Waals surface area contributed by atoms with Gasteiger partial charge in [-0.15, -0.1) is 11.3 Å². The van der Waals surface area contributed by atoms with Gasteiger partial charge < -0.3 is 5.11 Å². The molecular weight excluding hydrogens is 232 g/mol. The van der Waals surface area contributed by atoms with Crippen molar-refractivity contribution in [3.8, 4) is 0 Å². The van der Waals surface area contributed by atoms with Gasteiger partial charge in [-0.3, -0.25) is 4.68 Å². The number of aromatic nitrogens is 2. The smallest absolute Gasteiger partial charge is 0.0871 e. The number of hydrogen-bond acceptors (Lipinski definition) is 3. The van der Waals surface area contributed by atoms with Crippen LogP contribution in [0.15, 0.2) is 18.3 Å². The van der Waals surface area contributed by atoms with E-state index in [1.54, 1.807) is 16.0 Å². The molecule has 0 radical (unpaired) electrons. The van der Waals surface area contributed by atoms with E-state index in [2.05, 4.69) is 24.2 Å². The molecule has 2 aromatic rings. The molecule has 0 aromatic carbocycles. The van der Waals surface area contributed by atoms with Gasteiger partial charge in [-0.1, -0.05) is 6.92 Å². The van der Waals surface area contributed by atoms with Gasteiger partial charge in [-0.25, -0.2) is 0 Å². The maximum Gasteiger partial charge on any atom is 0.0871 e. The summed E-state index contributed by atoms with van der Waals surface area (Å²) in [4.78, 5) is 2.60. The van der Waals surface area contributed by atoms with E-state index in [1.165, 1.54) is 9.75 Å². The summed E-state index contributed by atoms with van der Waals surface area (Å²) in [6, 6.07) is 4.25. The molecule has 2 aromatic heterocycles. The molecule has 17 heavy (non-hydrogen) atoms. The Morgan fingerprint density at radius 3 is 2.65 bits per heavy atom. The van der Waals surface area contributed by atoms with Gasteiger partial charge in [0.25, 0.3) is 0 Å². The van der Waals surface area contributed by atoms with E-state index < -0.39 is 6.10 Å². The van der Waals surface area contributed by atoms with Crippen LogP contribution in [-0.4, -0.2) is 14.9 Å². The summed E-state index contributed by atoms with van der Waals surface area (Å²) in [6.45, 7) is 4.09. The molecule has 0 amide bonds. The van der Waals surface area contributed by atoms with Crippen molar-refractivity contribution in [1.82, 2.24) is 9.78 Å². The van der Waals surface area contributed by atoms with E-state index in [0.29, 0.717) is 6.42 Å². The number of thiophene rings is 1. The zero-order valence-corrected chi connectivity index (χ0v) is 11.3. The summed E-state index contributed by atoms with van der Waals surface area (Å²) in [7, 11) is 1.88. The molecule has 0 saturated carbocycles. The van der Waals surface area contributed by atoms with Gasteiger partial charge in [0.15, 0.2) is 0 Å². The van der Waals surface area contributed by atoms with Crippen molar-refractivity contribution < 1.29 is 5.11 Å². The summed E-state index contributed by atoms with van der Waals surface area (Å²) in [5.74, 6) is 0. The molecule has 3 nitrogen and oxygen atoms in total. The molecule has 0 saturated heterocycles. The number of nitrogens with zero attached hydrogens (tertiary/aromatic N) is 2. The predicted molar refractivity (Wildman–Crippen MR) is 70.3 cm³/mol. The Kier molecular flexibility index (Phi) is 3.64. The normalized spacial score (nSPS) is 12.9. The van der Waals surface area contributed by atoms with Crippen LogP contribution >= 0.6 is 11.3 Å². The van der Waals surface area contributed by atoms with Gasteiger partial charge in [0.1, 0.15) is 0 Å². The zero-order valence-electron chi connectivity index (χ0n) is 10.5. The van der Waals surface area contributed by atoms with Gasteiger partial charge in [0, 0.05) is 35.0 Å². The second-order valence-electron chi connectivity index (χ2n) is 4.29. The molecule has 2 heterocycles. The number of aliphatic hydroxyl groups excluding tert-OH is 1. The molecule has 1 unspecified atom stereocenters. The van der Waals surface area contributed by atoms with E-state index in [1.807, 2.05) is 20.2 Å². The van der Waals surface area contributed by atoms with Crippen molar-refractivity contribution in [2.45, 2.75) is 32.8 Å². The van der Waals surface area contributed by atoms with Crippen molar-refractivity contribution in [1.29, 1.82) is 0 Å². The Balaban J connectivity index is 2.11. The van der Waals surface area contributed by atoms with Crippen molar-refractivity contribution in [3.05, 3.63) is 39.3 Å². The first-order valence-corrected chi connectivity index (χ1v) is 6.67. The SMILES string of the molecule is CCc1ccc(CC(O)c2cn(C)nc2C)s1. The van der Waals surface area contributed by atoms with Gasteiger partial charge in [-0.05, 0) is 25.5 Å². The molecule has 0 aliphatic carbocycles. The predicted octanol–water partition coefficient (Wildman–Crippen LogP) is 2.63. The lowest BCUT2D eigenvalue weighted by molar-refractivity contribution is 0.178. The fraction of sp³-hybridized carbons (Fsp3) is 0.462. The van der Waals surface area contributed by atoms with E-state index >= 15 is 0 Å². The number of hydrogen-bond donors (Lipinski definition) is 1. The van der Waals surface area contributed by atoms with Crippen molar-refractivity contribution in [3.63, 3.8) is 0 Å². The average molecular weight is 250 g/mol. The molecule has 0 aliphatic rings. The lowest BCUT2D eigenvalue weighted by atomic mass is 10.1. The fourth-order valence-corrected chi connectivity index (χ4v) is 2.96. The molecule has 92 valence electrons. The molecule has 0 fully saturated rings. The standard InChI is InChI=1S/C13H18N2OS/c1-4-10-5-6-11(17-10)7-13(16)12-8-15(3)14-9(12)2/h5-6,8,13,16H,4,7H2,1-3H3. The highest BCUT2D eigenvalue weighted by molar-refractivity contribution is 7.11. The Hall–Kier alpha value is -1.13. The molecule has 0 bridgehead atoms. The van der Waals surface area contributed by atoms with E-state index in [4.69, 9.17) is 0 Å². The second kappa shape index (κ2) is 5.02. The Morgan fingerprint density at radius 1 is 1.41 bits per heavy atom. The highest BCUT2D eigenvalue weighted by Gasteiger charge is 2.15. The molecule has 2 rings (SSSR count). The van der Waals surface area contributed by atoms with Crippen LogP contribution in [0.25, 0.3) is 0 Å². The Morgan fingerprint density at radius 2 is 2.12 bits per heavy atom. The van der Waals surface area contributed by atoms with Crippen molar-refractivity contribution >= 4 is 11.3 Å². The van der Waals surface area contributed by atoms with Gasteiger partial charge in [-0.2, -0.15) is 5.10 Å². The van der Waals surface area contributed by atoms with Crippen LogP contribution in [0.2, 0.25) is 0 Å². The summed E-state index contributed by atoms with van der Waals surface area (Å²) in [5, 5.41) is 14.5. The zero-order chi connectivity index (χ0) is 12.4.